The topological polar surface area (TPSA) is 95.9 Å². The summed E-state index contributed by atoms with van der Waals surface area (Å²) in [4.78, 5) is 31.1. The van der Waals surface area contributed by atoms with Gasteiger partial charge >= 0.3 is 0 Å². The van der Waals surface area contributed by atoms with Gasteiger partial charge in [-0.05, 0) is 31.2 Å². The second-order valence-electron chi connectivity index (χ2n) is 6.21. The van der Waals surface area contributed by atoms with Crippen molar-refractivity contribution in [2.24, 2.45) is 0 Å². The Hall–Kier alpha value is -2.46. The number of aromatic amines is 1. The van der Waals surface area contributed by atoms with Gasteiger partial charge in [0.25, 0.3) is 11.8 Å². The molecule has 29 heavy (non-hydrogen) atoms. The number of hydrogen-bond donors (Lipinski definition) is 2. The molecule has 2 aromatic heterocycles. The highest BCUT2D eigenvalue weighted by atomic mass is 79.9. The summed E-state index contributed by atoms with van der Waals surface area (Å²) in [5.41, 5.74) is 2.42. The maximum absolute atomic E-state index is 12.6. The monoisotopic (exact) mass is 522 g/mol. The third-order valence-electron chi connectivity index (χ3n) is 4.40. The highest BCUT2D eigenvalue weighted by molar-refractivity contribution is 9.09. The third kappa shape index (κ3) is 4.94. The summed E-state index contributed by atoms with van der Waals surface area (Å²) in [6.45, 7) is 3.47. The molecule has 0 bridgehead atoms. The molecule has 0 unspecified atom stereocenters. The van der Waals surface area contributed by atoms with E-state index in [4.69, 9.17) is 0 Å². The van der Waals surface area contributed by atoms with Gasteiger partial charge in [-0.15, -0.1) is 0 Å². The van der Waals surface area contributed by atoms with Crippen molar-refractivity contribution in [1.82, 2.24) is 19.7 Å². The second-order valence-corrected chi connectivity index (χ2v) is 7.80. The standard InChI is InChI=1S/C19H20Br2N6O2/c1-13-16(19(29)27-11-8-22-12-27)24-25-17(13)23-18(28)14-2-4-15(5-3-14)26(9-6-20)10-7-21/h2-5,8,11-12H,6-7,9-10H2,1H3,(H2,23,24,25,28). The summed E-state index contributed by atoms with van der Waals surface area (Å²) in [6.07, 6.45) is 4.49. The lowest BCUT2D eigenvalue weighted by Gasteiger charge is -2.23. The molecule has 0 aliphatic rings. The van der Waals surface area contributed by atoms with Crippen molar-refractivity contribution in [3.05, 3.63) is 59.8 Å². The van der Waals surface area contributed by atoms with E-state index >= 15 is 0 Å². The normalized spacial score (nSPS) is 10.7. The quantitative estimate of drug-likeness (QED) is 0.441. The molecule has 0 saturated carbocycles. The number of nitrogens with zero attached hydrogens (tertiary/aromatic N) is 4. The van der Waals surface area contributed by atoms with Crippen LogP contribution in [-0.2, 0) is 0 Å². The van der Waals surface area contributed by atoms with Gasteiger partial charge in [0.15, 0.2) is 5.82 Å². The molecule has 0 aliphatic heterocycles. The van der Waals surface area contributed by atoms with Crippen molar-refractivity contribution in [2.45, 2.75) is 6.92 Å². The fourth-order valence-corrected chi connectivity index (χ4v) is 3.67. The molecule has 0 spiro atoms. The van der Waals surface area contributed by atoms with Crippen LogP contribution in [0.2, 0.25) is 0 Å². The Bertz CT molecular complexity index is 963. The molecule has 3 rings (SSSR count). The number of anilines is 2. The first-order valence-corrected chi connectivity index (χ1v) is 11.2. The molecule has 152 valence electrons. The predicted octanol–water partition coefficient (Wildman–Crippen LogP) is 3.45. The van der Waals surface area contributed by atoms with E-state index in [1.165, 1.54) is 17.1 Å². The Morgan fingerprint density at radius 3 is 2.45 bits per heavy atom. The number of halogens is 2. The van der Waals surface area contributed by atoms with Crippen LogP contribution in [0.1, 0.15) is 26.4 Å². The number of nitrogens with one attached hydrogen (secondary N) is 2. The van der Waals surface area contributed by atoms with Crippen LogP contribution >= 0.6 is 31.9 Å². The molecule has 0 radical (unpaired) electrons. The minimum atomic E-state index is -0.295. The Labute approximate surface area is 185 Å². The van der Waals surface area contributed by atoms with Gasteiger partial charge in [0.05, 0.1) is 0 Å². The van der Waals surface area contributed by atoms with Crippen LogP contribution in [0.4, 0.5) is 11.5 Å². The highest BCUT2D eigenvalue weighted by Crippen LogP contribution is 2.19. The van der Waals surface area contributed by atoms with Gasteiger partial charge in [-0.25, -0.2) is 4.98 Å². The van der Waals surface area contributed by atoms with E-state index < -0.39 is 0 Å². The number of carbonyl (C=O) groups is 2. The molecular formula is C19H20Br2N6O2. The maximum atomic E-state index is 12.6. The lowest BCUT2D eigenvalue weighted by atomic mass is 10.1. The van der Waals surface area contributed by atoms with E-state index in [9.17, 15) is 9.59 Å². The molecule has 8 nitrogen and oxygen atoms in total. The van der Waals surface area contributed by atoms with Gasteiger partial charge in [0, 0.05) is 53.0 Å². The van der Waals surface area contributed by atoms with Crippen LogP contribution in [0.15, 0.2) is 43.0 Å². The van der Waals surface area contributed by atoms with Gasteiger partial charge in [0.1, 0.15) is 12.0 Å². The molecule has 0 atom stereocenters. The summed E-state index contributed by atoms with van der Waals surface area (Å²) in [5, 5.41) is 11.3. The molecule has 0 aliphatic carbocycles. The van der Waals surface area contributed by atoms with Gasteiger partial charge < -0.3 is 10.2 Å². The second kappa shape index (κ2) is 9.84. The van der Waals surface area contributed by atoms with Crippen molar-refractivity contribution < 1.29 is 9.59 Å². The van der Waals surface area contributed by atoms with Gasteiger partial charge in [0.2, 0.25) is 0 Å². The van der Waals surface area contributed by atoms with Crippen LogP contribution < -0.4 is 10.2 Å². The van der Waals surface area contributed by atoms with Crippen molar-refractivity contribution >= 4 is 55.2 Å². The maximum Gasteiger partial charge on any atom is 0.281 e. The number of carbonyl (C=O) groups excluding carboxylic acids is 2. The number of rotatable bonds is 8. The zero-order valence-corrected chi connectivity index (χ0v) is 18.9. The first-order chi connectivity index (χ1) is 14.0. The van der Waals surface area contributed by atoms with E-state index in [0.29, 0.717) is 22.6 Å². The van der Waals surface area contributed by atoms with Gasteiger partial charge in [-0.1, -0.05) is 31.9 Å². The first-order valence-electron chi connectivity index (χ1n) is 8.91. The summed E-state index contributed by atoms with van der Waals surface area (Å²) in [5.74, 6) is -0.265. The van der Waals surface area contributed by atoms with Gasteiger partial charge in [-0.3, -0.25) is 19.3 Å². The SMILES string of the molecule is Cc1c(NC(=O)c2ccc(N(CCBr)CCBr)cc2)n[nH]c1C(=O)n1ccnc1. The Morgan fingerprint density at radius 1 is 1.17 bits per heavy atom. The molecule has 0 saturated heterocycles. The van der Waals surface area contributed by atoms with E-state index in [2.05, 4.69) is 57.3 Å². The Morgan fingerprint density at radius 2 is 1.86 bits per heavy atom. The summed E-state index contributed by atoms with van der Waals surface area (Å²) in [6, 6.07) is 7.40. The first kappa shape index (κ1) is 21.3. The lowest BCUT2D eigenvalue weighted by molar-refractivity contribution is 0.0953. The fourth-order valence-electron chi connectivity index (χ4n) is 2.81. The van der Waals surface area contributed by atoms with E-state index in [-0.39, 0.29) is 11.8 Å². The molecule has 1 amide bonds. The fraction of sp³-hybridized carbons (Fsp3) is 0.263. The van der Waals surface area contributed by atoms with Crippen LogP contribution in [0.3, 0.4) is 0 Å². The van der Waals surface area contributed by atoms with Crippen LogP contribution in [-0.4, -0.2) is 55.3 Å². The number of hydrogen-bond acceptors (Lipinski definition) is 5. The van der Waals surface area contributed by atoms with E-state index in [0.717, 1.165) is 29.4 Å². The van der Waals surface area contributed by atoms with Crippen molar-refractivity contribution in [1.29, 1.82) is 0 Å². The Balaban J connectivity index is 1.71. The lowest BCUT2D eigenvalue weighted by Crippen LogP contribution is -2.27. The molecule has 3 aromatic rings. The molecule has 1 aromatic carbocycles. The molecule has 10 heteroatoms. The van der Waals surface area contributed by atoms with Crippen molar-refractivity contribution in [3.8, 4) is 0 Å². The average Bonchev–Trinajstić information content (AvgIpc) is 3.38. The molecule has 0 fully saturated rings. The van der Waals surface area contributed by atoms with E-state index in [1.807, 2.05) is 12.1 Å². The number of benzene rings is 1. The zero-order chi connectivity index (χ0) is 20.8. The van der Waals surface area contributed by atoms with Crippen LogP contribution in [0, 0.1) is 6.92 Å². The van der Waals surface area contributed by atoms with Crippen LogP contribution in [0.5, 0.6) is 0 Å². The number of aromatic nitrogens is 4. The smallest absolute Gasteiger partial charge is 0.281 e. The third-order valence-corrected chi connectivity index (χ3v) is 5.11. The summed E-state index contributed by atoms with van der Waals surface area (Å²) < 4.78 is 1.34. The molecule has 2 heterocycles. The van der Waals surface area contributed by atoms with E-state index in [1.54, 1.807) is 25.3 Å². The van der Waals surface area contributed by atoms with Crippen LogP contribution in [0.25, 0.3) is 0 Å². The summed E-state index contributed by atoms with van der Waals surface area (Å²) in [7, 11) is 0. The zero-order valence-electron chi connectivity index (χ0n) is 15.7. The Kier molecular flexibility index (Phi) is 7.21. The number of alkyl halides is 2. The van der Waals surface area contributed by atoms with Crippen molar-refractivity contribution in [2.75, 3.05) is 34.0 Å². The average molecular weight is 524 g/mol. The predicted molar refractivity (Wildman–Crippen MR) is 119 cm³/mol. The minimum absolute atomic E-state index is 0.291. The largest absolute Gasteiger partial charge is 0.370 e. The molecular weight excluding hydrogens is 504 g/mol. The van der Waals surface area contributed by atoms with Crippen molar-refractivity contribution in [3.63, 3.8) is 0 Å². The number of H-pyrrole nitrogens is 1. The van der Waals surface area contributed by atoms with Gasteiger partial charge in [-0.2, -0.15) is 5.10 Å². The summed E-state index contributed by atoms with van der Waals surface area (Å²) >= 11 is 6.93. The molecule has 2 N–H and O–H groups in total. The number of amides is 1. The highest BCUT2D eigenvalue weighted by Gasteiger charge is 2.19. The minimum Gasteiger partial charge on any atom is -0.370 e. The number of imidazole rings is 1.